The highest BCUT2D eigenvalue weighted by molar-refractivity contribution is 7.81. The SMILES string of the molecule is CC(C)c1nc(Cc2ccccc2)sc1C(N)=S. The first-order valence-corrected chi connectivity index (χ1v) is 7.13. The van der Waals surface area contributed by atoms with Crippen molar-refractivity contribution in [1.29, 1.82) is 0 Å². The maximum absolute atomic E-state index is 5.76. The predicted octanol–water partition coefficient (Wildman–Crippen LogP) is 3.49. The molecule has 0 amide bonds. The zero-order valence-corrected chi connectivity index (χ0v) is 12.1. The minimum absolute atomic E-state index is 0.349. The lowest BCUT2D eigenvalue weighted by molar-refractivity contribution is 0.823. The van der Waals surface area contributed by atoms with E-state index < -0.39 is 0 Å². The molecule has 0 radical (unpaired) electrons. The van der Waals surface area contributed by atoms with Crippen molar-refractivity contribution in [3.05, 3.63) is 51.5 Å². The molecule has 2 N–H and O–H groups in total. The van der Waals surface area contributed by atoms with Crippen molar-refractivity contribution in [3.8, 4) is 0 Å². The summed E-state index contributed by atoms with van der Waals surface area (Å²) in [6.45, 7) is 4.23. The van der Waals surface area contributed by atoms with Crippen LogP contribution in [0.1, 0.15) is 40.9 Å². The van der Waals surface area contributed by atoms with E-state index in [1.165, 1.54) is 5.56 Å². The van der Waals surface area contributed by atoms with E-state index in [2.05, 4.69) is 31.0 Å². The van der Waals surface area contributed by atoms with Crippen LogP contribution in [0.25, 0.3) is 0 Å². The van der Waals surface area contributed by atoms with E-state index in [4.69, 9.17) is 18.0 Å². The summed E-state index contributed by atoms with van der Waals surface area (Å²) in [5, 5.41) is 1.08. The van der Waals surface area contributed by atoms with Crippen molar-refractivity contribution in [3.63, 3.8) is 0 Å². The van der Waals surface area contributed by atoms with E-state index in [0.29, 0.717) is 10.9 Å². The molecule has 0 fully saturated rings. The van der Waals surface area contributed by atoms with Crippen LogP contribution in [0.15, 0.2) is 30.3 Å². The maximum Gasteiger partial charge on any atom is 0.116 e. The normalized spacial score (nSPS) is 10.8. The molecule has 0 atom stereocenters. The lowest BCUT2D eigenvalue weighted by atomic mass is 10.1. The smallest absolute Gasteiger partial charge is 0.116 e. The van der Waals surface area contributed by atoms with E-state index >= 15 is 0 Å². The number of thiocarbonyl (C=S) groups is 1. The Morgan fingerprint density at radius 2 is 2.00 bits per heavy atom. The fraction of sp³-hybridized carbons (Fsp3) is 0.286. The highest BCUT2D eigenvalue weighted by Gasteiger charge is 2.16. The van der Waals surface area contributed by atoms with Crippen molar-refractivity contribution in [1.82, 2.24) is 4.98 Å². The average molecular weight is 276 g/mol. The zero-order chi connectivity index (χ0) is 13.1. The summed E-state index contributed by atoms with van der Waals surface area (Å²) >= 11 is 6.71. The quantitative estimate of drug-likeness (QED) is 0.869. The van der Waals surface area contributed by atoms with Crippen LogP contribution in [0.3, 0.4) is 0 Å². The van der Waals surface area contributed by atoms with Crippen molar-refractivity contribution in [2.45, 2.75) is 26.2 Å². The zero-order valence-electron chi connectivity index (χ0n) is 10.5. The van der Waals surface area contributed by atoms with Gasteiger partial charge < -0.3 is 5.73 Å². The molecule has 0 bridgehead atoms. The summed E-state index contributed by atoms with van der Waals surface area (Å²) in [6, 6.07) is 10.3. The number of thiazole rings is 1. The van der Waals surface area contributed by atoms with E-state index in [1.54, 1.807) is 11.3 Å². The van der Waals surface area contributed by atoms with Crippen molar-refractivity contribution < 1.29 is 0 Å². The molecule has 2 rings (SSSR count). The number of aromatic nitrogens is 1. The summed E-state index contributed by atoms with van der Waals surface area (Å²) in [5.74, 6) is 0.349. The average Bonchev–Trinajstić information content (AvgIpc) is 2.74. The minimum Gasteiger partial charge on any atom is -0.389 e. The fourth-order valence-corrected chi connectivity index (χ4v) is 3.13. The second-order valence-corrected chi connectivity index (χ2v) is 6.03. The Labute approximate surface area is 117 Å². The first kappa shape index (κ1) is 13.2. The van der Waals surface area contributed by atoms with Gasteiger partial charge in [-0.3, -0.25) is 0 Å². The molecule has 2 aromatic rings. The third-order valence-electron chi connectivity index (χ3n) is 2.67. The van der Waals surface area contributed by atoms with Crippen LogP contribution in [-0.4, -0.2) is 9.97 Å². The van der Waals surface area contributed by atoms with Gasteiger partial charge in [-0.15, -0.1) is 11.3 Å². The van der Waals surface area contributed by atoms with Gasteiger partial charge in [0.25, 0.3) is 0 Å². The molecular weight excluding hydrogens is 260 g/mol. The molecule has 2 nitrogen and oxygen atoms in total. The summed E-state index contributed by atoms with van der Waals surface area (Å²) in [6.07, 6.45) is 0.841. The molecule has 0 aliphatic carbocycles. The van der Waals surface area contributed by atoms with Gasteiger partial charge in [-0.05, 0) is 11.5 Å². The van der Waals surface area contributed by atoms with Gasteiger partial charge in [0.1, 0.15) is 4.99 Å². The second kappa shape index (κ2) is 5.59. The van der Waals surface area contributed by atoms with Gasteiger partial charge >= 0.3 is 0 Å². The highest BCUT2D eigenvalue weighted by Crippen LogP contribution is 2.26. The van der Waals surface area contributed by atoms with Gasteiger partial charge in [-0.1, -0.05) is 56.4 Å². The third kappa shape index (κ3) is 2.94. The van der Waals surface area contributed by atoms with E-state index in [1.807, 2.05) is 18.2 Å². The standard InChI is InChI=1S/C14H16N2S2/c1-9(2)12-13(14(15)17)18-11(16-12)8-10-6-4-3-5-7-10/h3-7,9H,8H2,1-2H3,(H2,15,17). The lowest BCUT2D eigenvalue weighted by Gasteiger charge is -2.02. The lowest BCUT2D eigenvalue weighted by Crippen LogP contribution is -2.10. The number of benzene rings is 1. The van der Waals surface area contributed by atoms with Crippen LogP contribution in [0.2, 0.25) is 0 Å². The molecular formula is C14H16N2S2. The Morgan fingerprint density at radius 3 is 2.50 bits per heavy atom. The predicted molar refractivity (Wildman–Crippen MR) is 81.3 cm³/mol. The summed E-state index contributed by atoms with van der Waals surface area (Å²) in [4.78, 5) is 6.10. The molecule has 1 aromatic heterocycles. The number of rotatable bonds is 4. The van der Waals surface area contributed by atoms with Gasteiger partial charge in [0, 0.05) is 6.42 Å². The van der Waals surface area contributed by atoms with E-state index in [-0.39, 0.29) is 0 Å². The van der Waals surface area contributed by atoms with E-state index in [0.717, 1.165) is 22.0 Å². The first-order chi connectivity index (χ1) is 8.58. The number of nitrogens with two attached hydrogens (primary N) is 1. The molecule has 0 aliphatic rings. The van der Waals surface area contributed by atoms with Gasteiger partial charge in [0.15, 0.2) is 0 Å². The van der Waals surface area contributed by atoms with Crippen molar-refractivity contribution >= 4 is 28.5 Å². The van der Waals surface area contributed by atoms with Crippen LogP contribution < -0.4 is 5.73 Å². The second-order valence-electron chi connectivity index (χ2n) is 4.50. The van der Waals surface area contributed by atoms with E-state index in [9.17, 15) is 0 Å². The largest absolute Gasteiger partial charge is 0.389 e. The van der Waals surface area contributed by atoms with Crippen LogP contribution >= 0.6 is 23.6 Å². The molecule has 1 aromatic carbocycles. The number of nitrogens with zero attached hydrogens (tertiary/aromatic N) is 1. The van der Waals surface area contributed by atoms with Gasteiger partial charge in [0.05, 0.1) is 15.6 Å². The Balaban J connectivity index is 2.30. The number of hydrogen-bond donors (Lipinski definition) is 1. The molecule has 0 aliphatic heterocycles. The molecule has 1 heterocycles. The van der Waals surface area contributed by atoms with Gasteiger partial charge in [-0.25, -0.2) is 4.98 Å². The first-order valence-electron chi connectivity index (χ1n) is 5.91. The third-order valence-corrected chi connectivity index (χ3v) is 4.10. The summed E-state index contributed by atoms with van der Waals surface area (Å²) in [7, 11) is 0. The number of hydrogen-bond acceptors (Lipinski definition) is 3. The Hall–Kier alpha value is -1.26. The Morgan fingerprint density at radius 1 is 1.33 bits per heavy atom. The van der Waals surface area contributed by atoms with Crippen LogP contribution in [0.4, 0.5) is 0 Å². The molecule has 0 spiro atoms. The van der Waals surface area contributed by atoms with Crippen molar-refractivity contribution in [2.24, 2.45) is 5.73 Å². The molecule has 18 heavy (non-hydrogen) atoms. The van der Waals surface area contributed by atoms with Gasteiger partial charge in [-0.2, -0.15) is 0 Å². The Bertz CT molecular complexity index is 544. The van der Waals surface area contributed by atoms with Crippen LogP contribution in [0.5, 0.6) is 0 Å². The summed E-state index contributed by atoms with van der Waals surface area (Å²) in [5.41, 5.74) is 8.05. The molecule has 0 saturated carbocycles. The van der Waals surface area contributed by atoms with Crippen LogP contribution in [-0.2, 0) is 6.42 Å². The monoisotopic (exact) mass is 276 g/mol. The topological polar surface area (TPSA) is 38.9 Å². The molecule has 0 unspecified atom stereocenters. The van der Waals surface area contributed by atoms with Crippen molar-refractivity contribution in [2.75, 3.05) is 0 Å². The maximum atomic E-state index is 5.76. The molecule has 0 saturated heterocycles. The fourth-order valence-electron chi connectivity index (χ4n) is 1.79. The van der Waals surface area contributed by atoms with Crippen LogP contribution in [0, 0.1) is 0 Å². The molecule has 94 valence electrons. The highest BCUT2D eigenvalue weighted by atomic mass is 32.1. The Kier molecular flexibility index (Phi) is 4.09. The summed E-state index contributed by atoms with van der Waals surface area (Å²) < 4.78 is 0. The minimum atomic E-state index is 0.349. The van der Waals surface area contributed by atoms with Gasteiger partial charge in [0.2, 0.25) is 0 Å². The molecule has 4 heteroatoms.